The molecule has 0 aromatic heterocycles. The Labute approximate surface area is 172 Å². The summed E-state index contributed by atoms with van der Waals surface area (Å²) in [6.45, 7) is 2.01. The number of benzene rings is 2. The third-order valence-corrected chi connectivity index (χ3v) is 5.49. The highest BCUT2D eigenvalue weighted by molar-refractivity contribution is 6.32. The van der Waals surface area contributed by atoms with Crippen LogP contribution in [0.3, 0.4) is 0 Å². The van der Waals surface area contributed by atoms with Crippen LogP contribution in [0.15, 0.2) is 42.5 Å². The summed E-state index contributed by atoms with van der Waals surface area (Å²) < 4.78 is 40.5. The van der Waals surface area contributed by atoms with Crippen LogP contribution in [0.1, 0.15) is 23.1 Å². The molecular weight excluding hydrogens is 403 g/mol. The Morgan fingerprint density at radius 3 is 2.66 bits per heavy atom. The molecule has 3 rings (SSSR count). The van der Waals surface area contributed by atoms with Gasteiger partial charge in [0.1, 0.15) is 6.07 Å². The third-order valence-electron chi connectivity index (χ3n) is 5.17. The van der Waals surface area contributed by atoms with Crippen molar-refractivity contribution in [1.29, 1.82) is 5.26 Å². The molecule has 1 aliphatic heterocycles. The van der Waals surface area contributed by atoms with Crippen LogP contribution in [0, 0.1) is 11.3 Å². The third kappa shape index (κ3) is 5.02. The number of aliphatic hydroxyl groups is 1. The van der Waals surface area contributed by atoms with Crippen LogP contribution >= 0.6 is 11.6 Å². The smallest absolute Gasteiger partial charge is 0.395 e. The predicted molar refractivity (Wildman–Crippen MR) is 106 cm³/mol. The zero-order chi connectivity index (χ0) is 21.0. The number of alkyl halides is 3. The van der Waals surface area contributed by atoms with Gasteiger partial charge in [0, 0.05) is 37.9 Å². The summed E-state index contributed by atoms with van der Waals surface area (Å²) in [6.07, 6.45) is -3.69. The van der Waals surface area contributed by atoms with Crippen LogP contribution in [0.4, 0.5) is 18.9 Å². The van der Waals surface area contributed by atoms with E-state index < -0.39 is 11.7 Å². The highest BCUT2D eigenvalue weighted by atomic mass is 35.5. The van der Waals surface area contributed by atoms with Crippen molar-refractivity contribution in [2.45, 2.75) is 25.2 Å². The van der Waals surface area contributed by atoms with Crippen molar-refractivity contribution in [1.82, 2.24) is 4.90 Å². The van der Waals surface area contributed by atoms with E-state index in [1.165, 1.54) is 12.1 Å². The van der Waals surface area contributed by atoms with E-state index in [0.717, 1.165) is 19.0 Å². The number of anilines is 1. The lowest BCUT2D eigenvalue weighted by molar-refractivity contribution is -0.138. The molecule has 0 spiro atoms. The molecule has 0 saturated carbocycles. The number of β-amino-alcohol motifs (C(OH)–C–C–N with tert-alkyl or cyclic N) is 1. The van der Waals surface area contributed by atoms with Crippen LogP contribution in [0.5, 0.6) is 0 Å². The molecule has 154 valence electrons. The van der Waals surface area contributed by atoms with E-state index in [4.69, 9.17) is 16.9 Å². The van der Waals surface area contributed by atoms with Crippen molar-refractivity contribution >= 4 is 17.3 Å². The molecule has 1 saturated heterocycles. The minimum absolute atomic E-state index is 0.0340. The van der Waals surface area contributed by atoms with Crippen LogP contribution in [0.2, 0.25) is 5.02 Å². The van der Waals surface area contributed by atoms with Gasteiger partial charge in [0.15, 0.2) is 0 Å². The standard InChI is InChI=1S/C21H21ClF3N3O/c22-20-11-17(6-5-15(20)12-26)28(18-7-8-27(14-18)9-10-29)13-16-3-1-2-4-19(16)21(23,24)25/h1-6,11,18,29H,7-10,13-14H2/t18-/m0/s1. The number of hydrogen-bond acceptors (Lipinski definition) is 4. The molecule has 0 bridgehead atoms. The number of nitriles is 1. The summed E-state index contributed by atoms with van der Waals surface area (Å²) in [4.78, 5) is 3.99. The Morgan fingerprint density at radius 2 is 2.00 bits per heavy atom. The van der Waals surface area contributed by atoms with Crippen molar-refractivity contribution < 1.29 is 18.3 Å². The van der Waals surface area contributed by atoms with Gasteiger partial charge in [-0.25, -0.2) is 0 Å². The number of nitrogens with zero attached hydrogens (tertiary/aromatic N) is 3. The van der Waals surface area contributed by atoms with Gasteiger partial charge in [0.25, 0.3) is 0 Å². The zero-order valence-corrected chi connectivity index (χ0v) is 16.4. The highest BCUT2D eigenvalue weighted by Crippen LogP contribution is 2.35. The second-order valence-electron chi connectivity index (χ2n) is 7.03. The van der Waals surface area contributed by atoms with Gasteiger partial charge in [-0.05, 0) is 36.2 Å². The normalized spacial score (nSPS) is 17.3. The minimum atomic E-state index is -4.44. The monoisotopic (exact) mass is 423 g/mol. The van der Waals surface area contributed by atoms with Gasteiger partial charge in [-0.15, -0.1) is 0 Å². The van der Waals surface area contributed by atoms with Gasteiger partial charge in [-0.2, -0.15) is 18.4 Å². The fourth-order valence-electron chi connectivity index (χ4n) is 3.73. The molecule has 1 N–H and O–H groups in total. The lowest BCUT2D eigenvalue weighted by Gasteiger charge is -2.32. The minimum Gasteiger partial charge on any atom is -0.395 e. The number of hydrogen-bond donors (Lipinski definition) is 1. The van der Waals surface area contributed by atoms with Gasteiger partial charge < -0.3 is 10.0 Å². The quantitative estimate of drug-likeness (QED) is 0.752. The maximum atomic E-state index is 13.5. The average molecular weight is 424 g/mol. The molecular formula is C21H21ClF3N3O. The molecule has 0 aliphatic carbocycles. The van der Waals surface area contributed by atoms with Gasteiger partial charge >= 0.3 is 6.18 Å². The second kappa shape index (κ2) is 9.04. The topological polar surface area (TPSA) is 50.5 Å². The van der Waals surface area contributed by atoms with E-state index >= 15 is 0 Å². The van der Waals surface area contributed by atoms with E-state index in [2.05, 4.69) is 4.90 Å². The Morgan fingerprint density at radius 1 is 1.24 bits per heavy atom. The van der Waals surface area contributed by atoms with Crippen molar-refractivity contribution in [3.8, 4) is 6.07 Å². The molecule has 8 heteroatoms. The first-order valence-electron chi connectivity index (χ1n) is 9.28. The van der Waals surface area contributed by atoms with Gasteiger partial charge in [0.05, 0.1) is 22.8 Å². The van der Waals surface area contributed by atoms with E-state index in [1.807, 2.05) is 11.0 Å². The lowest BCUT2D eigenvalue weighted by atomic mass is 10.0. The lowest BCUT2D eigenvalue weighted by Crippen LogP contribution is -2.38. The number of aliphatic hydroxyl groups excluding tert-OH is 1. The Kier molecular flexibility index (Phi) is 6.68. The van der Waals surface area contributed by atoms with Gasteiger partial charge in [0.2, 0.25) is 0 Å². The summed E-state index contributed by atoms with van der Waals surface area (Å²) >= 11 is 6.19. The first kappa shape index (κ1) is 21.4. The molecule has 1 fully saturated rings. The molecule has 2 aromatic carbocycles. The van der Waals surface area contributed by atoms with E-state index in [9.17, 15) is 18.3 Å². The largest absolute Gasteiger partial charge is 0.416 e. The first-order chi connectivity index (χ1) is 13.8. The molecule has 4 nitrogen and oxygen atoms in total. The van der Waals surface area contributed by atoms with Crippen molar-refractivity contribution in [3.05, 3.63) is 64.2 Å². The molecule has 1 heterocycles. The van der Waals surface area contributed by atoms with Gasteiger partial charge in [-0.1, -0.05) is 29.8 Å². The van der Waals surface area contributed by atoms with Crippen molar-refractivity contribution in [2.75, 3.05) is 31.1 Å². The fraction of sp³-hybridized carbons (Fsp3) is 0.381. The Bertz CT molecular complexity index is 897. The molecule has 0 unspecified atom stereocenters. The number of halogens is 4. The summed E-state index contributed by atoms with van der Waals surface area (Å²) in [7, 11) is 0. The summed E-state index contributed by atoms with van der Waals surface area (Å²) in [5.41, 5.74) is 0.511. The van der Waals surface area contributed by atoms with Crippen LogP contribution < -0.4 is 4.90 Å². The van der Waals surface area contributed by atoms with Crippen LogP contribution in [-0.2, 0) is 12.7 Å². The summed E-state index contributed by atoms with van der Waals surface area (Å²) in [5, 5.41) is 18.6. The molecule has 29 heavy (non-hydrogen) atoms. The molecule has 1 aliphatic rings. The first-order valence-corrected chi connectivity index (χ1v) is 9.66. The molecule has 0 radical (unpaired) electrons. The number of rotatable bonds is 6. The zero-order valence-electron chi connectivity index (χ0n) is 15.7. The Balaban J connectivity index is 1.97. The molecule has 1 atom stereocenters. The summed E-state index contributed by atoms with van der Waals surface area (Å²) in [6, 6.07) is 12.5. The average Bonchev–Trinajstić information content (AvgIpc) is 3.14. The van der Waals surface area contributed by atoms with Crippen LogP contribution in [-0.4, -0.2) is 42.3 Å². The van der Waals surface area contributed by atoms with Crippen molar-refractivity contribution in [2.24, 2.45) is 0 Å². The Hall–Kier alpha value is -2.27. The maximum Gasteiger partial charge on any atom is 0.416 e. The molecule has 0 amide bonds. The van der Waals surface area contributed by atoms with E-state index in [1.54, 1.807) is 24.3 Å². The van der Waals surface area contributed by atoms with E-state index in [0.29, 0.717) is 24.3 Å². The van der Waals surface area contributed by atoms with Gasteiger partial charge in [-0.3, -0.25) is 4.90 Å². The summed E-state index contributed by atoms with van der Waals surface area (Å²) in [5.74, 6) is 0. The SMILES string of the molecule is N#Cc1ccc(N(Cc2ccccc2C(F)(F)F)[C@H]2CCN(CCO)C2)cc1Cl. The predicted octanol–water partition coefficient (Wildman–Crippen LogP) is 4.30. The number of likely N-dealkylation sites (tertiary alicyclic amines) is 1. The second-order valence-corrected chi connectivity index (χ2v) is 7.43. The fourth-order valence-corrected chi connectivity index (χ4v) is 3.95. The van der Waals surface area contributed by atoms with Crippen LogP contribution in [0.25, 0.3) is 0 Å². The highest BCUT2D eigenvalue weighted by Gasteiger charge is 2.35. The van der Waals surface area contributed by atoms with E-state index in [-0.39, 0.29) is 29.8 Å². The maximum absolute atomic E-state index is 13.5. The molecule has 2 aromatic rings. The van der Waals surface area contributed by atoms with Crippen molar-refractivity contribution in [3.63, 3.8) is 0 Å².